The number of nitrogens with zero attached hydrogens (tertiary/aromatic N) is 1. The number of rotatable bonds is 6. The first-order chi connectivity index (χ1) is 16.7. The highest BCUT2D eigenvalue weighted by molar-refractivity contribution is 6.04. The number of aromatic amines is 1. The summed E-state index contributed by atoms with van der Waals surface area (Å²) in [6.45, 7) is 0. The van der Waals surface area contributed by atoms with Crippen molar-refractivity contribution in [1.29, 1.82) is 0 Å². The summed E-state index contributed by atoms with van der Waals surface area (Å²) >= 11 is 0. The molecule has 0 aliphatic heterocycles. The van der Waals surface area contributed by atoms with Crippen LogP contribution in [0.4, 0.5) is 18.9 Å². The maximum atomic E-state index is 14.6. The Morgan fingerprint density at radius 1 is 0.943 bits per heavy atom. The fourth-order valence-corrected chi connectivity index (χ4v) is 3.08. The van der Waals surface area contributed by atoms with Crippen LogP contribution in [0.2, 0.25) is 0 Å². The molecular formula is C24H15F3N4O4. The van der Waals surface area contributed by atoms with Crippen LogP contribution in [0.15, 0.2) is 71.7 Å². The third-order valence-electron chi connectivity index (χ3n) is 4.79. The number of halogens is 3. The fourth-order valence-electron chi connectivity index (χ4n) is 3.08. The van der Waals surface area contributed by atoms with E-state index in [-0.39, 0.29) is 17.0 Å². The summed E-state index contributed by atoms with van der Waals surface area (Å²) in [6.07, 6.45) is 1.21. The highest BCUT2D eigenvalue weighted by Gasteiger charge is 2.18. The molecule has 4 N–H and O–H groups in total. The Morgan fingerprint density at radius 3 is 2.37 bits per heavy atom. The summed E-state index contributed by atoms with van der Waals surface area (Å²) < 4.78 is 47.4. The first kappa shape index (κ1) is 23.2. The molecule has 0 aliphatic rings. The van der Waals surface area contributed by atoms with Gasteiger partial charge in [0.15, 0.2) is 17.4 Å². The molecule has 0 fully saturated rings. The molecule has 4 aromatic rings. The Morgan fingerprint density at radius 2 is 1.69 bits per heavy atom. The first-order valence-corrected chi connectivity index (χ1v) is 9.94. The lowest BCUT2D eigenvalue weighted by Crippen LogP contribution is -2.23. The zero-order valence-corrected chi connectivity index (χ0v) is 17.6. The Bertz CT molecular complexity index is 1500. The highest BCUT2D eigenvalue weighted by Crippen LogP contribution is 2.29. The molecule has 0 saturated heterocycles. The molecule has 4 rings (SSSR count). The number of H-pyrrole nitrogens is 1. The number of aromatic nitrogens is 2. The molecule has 0 spiro atoms. The number of pyridine rings is 2. The van der Waals surface area contributed by atoms with E-state index in [2.05, 4.69) is 15.3 Å². The molecule has 0 bridgehead atoms. The van der Waals surface area contributed by atoms with E-state index in [0.717, 1.165) is 6.07 Å². The van der Waals surface area contributed by atoms with Crippen LogP contribution < -0.4 is 21.3 Å². The molecule has 2 amide bonds. The lowest BCUT2D eigenvalue weighted by atomic mass is 10.1. The van der Waals surface area contributed by atoms with Gasteiger partial charge in [-0.3, -0.25) is 19.4 Å². The van der Waals surface area contributed by atoms with Gasteiger partial charge in [0, 0.05) is 30.1 Å². The van der Waals surface area contributed by atoms with Gasteiger partial charge in [0.05, 0.1) is 5.69 Å². The predicted molar refractivity (Wildman–Crippen MR) is 120 cm³/mol. The second-order valence-corrected chi connectivity index (χ2v) is 7.18. The number of primary amides is 1. The smallest absolute Gasteiger partial charge is 0.267 e. The number of nitrogens with two attached hydrogens (primary N) is 1. The average Bonchev–Trinajstić information content (AvgIpc) is 2.82. The van der Waals surface area contributed by atoms with Crippen LogP contribution >= 0.6 is 0 Å². The minimum absolute atomic E-state index is 0.0170. The Kier molecular flexibility index (Phi) is 6.32. The van der Waals surface area contributed by atoms with E-state index in [0.29, 0.717) is 23.4 Å². The second kappa shape index (κ2) is 9.51. The van der Waals surface area contributed by atoms with Crippen molar-refractivity contribution in [3.63, 3.8) is 0 Å². The van der Waals surface area contributed by atoms with Crippen LogP contribution in [-0.4, -0.2) is 21.8 Å². The third-order valence-corrected chi connectivity index (χ3v) is 4.79. The van der Waals surface area contributed by atoms with Gasteiger partial charge in [0.25, 0.3) is 17.4 Å². The van der Waals surface area contributed by atoms with E-state index >= 15 is 0 Å². The number of anilines is 1. The summed E-state index contributed by atoms with van der Waals surface area (Å²) in [5.74, 6) is -4.88. The molecule has 35 heavy (non-hydrogen) atoms. The van der Waals surface area contributed by atoms with Gasteiger partial charge < -0.3 is 20.8 Å². The minimum atomic E-state index is -1.04. The van der Waals surface area contributed by atoms with Gasteiger partial charge in [-0.1, -0.05) is 0 Å². The zero-order chi connectivity index (χ0) is 25.1. The Labute approximate surface area is 195 Å². The van der Waals surface area contributed by atoms with Crippen LogP contribution in [0.25, 0.3) is 11.3 Å². The lowest BCUT2D eigenvalue weighted by molar-refractivity contribution is 0.0993. The molecule has 0 radical (unpaired) electrons. The zero-order valence-electron chi connectivity index (χ0n) is 17.6. The van der Waals surface area contributed by atoms with Crippen molar-refractivity contribution < 1.29 is 27.5 Å². The van der Waals surface area contributed by atoms with Gasteiger partial charge >= 0.3 is 0 Å². The molecule has 0 unspecified atom stereocenters. The van der Waals surface area contributed by atoms with Gasteiger partial charge in [-0.05, 0) is 48.0 Å². The fraction of sp³-hybridized carbons (Fsp3) is 0. The van der Waals surface area contributed by atoms with Gasteiger partial charge in [-0.25, -0.2) is 13.2 Å². The molecule has 2 heterocycles. The van der Waals surface area contributed by atoms with E-state index in [9.17, 15) is 27.6 Å². The van der Waals surface area contributed by atoms with Crippen molar-refractivity contribution in [3.8, 4) is 22.8 Å². The SMILES string of the molecule is NC(=O)c1cc(Oc2cc(F)c(NC(=O)c3ccc(-c4ccc(F)cc4)[nH]c3=O)cc2F)ccn1. The maximum absolute atomic E-state index is 14.6. The van der Waals surface area contributed by atoms with Crippen LogP contribution in [0, 0.1) is 17.5 Å². The van der Waals surface area contributed by atoms with Crippen LogP contribution in [0.1, 0.15) is 20.8 Å². The van der Waals surface area contributed by atoms with Crippen molar-refractivity contribution in [2.24, 2.45) is 5.73 Å². The second-order valence-electron chi connectivity index (χ2n) is 7.18. The normalized spacial score (nSPS) is 10.6. The number of amides is 2. The van der Waals surface area contributed by atoms with Gasteiger partial charge in [0.1, 0.15) is 22.8 Å². The van der Waals surface area contributed by atoms with Gasteiger partial charge in [-0.15, -0.1) is 0 Å². The minimum Gasteiger partial charge on any atom is -0.454 e. The summed E-state index contributed by atoms with van der Waals surface area (Å²) in [4.78, 5) is 42.3. The van der Waals surface area contributed by atoms with E-state index in [1.165, 1.54) is 48.7 Å². The molecule has 2 aromatic carbocycles. The van der Waals surface area contributed by atoms with Crippen LogP contribution in [0.5, 0.6) is 11.5 Å². The lowest BCUT2D eigenvalue weighted by Gasteiger charge is -2.11. The molecule has 11 heteroatoms. The molecule has 0 saturated carbocycles. The average molecular weight is 480 g/mol. The number of hydrogen-bond acceptors (Lipinski definition) is 5. The van der Waals surface area contributed by atoms with E-state index in [1.54, 1.807) is 0 Å². The number of carbonyl (C=O) groups excluding carboxylic acids is 2. The van der Waals surface area contributed by atoms with Crippen molar-refractivity contribution in [2.45, 2.75) is 0 Å². The molecule has 176 valence electrons. The van der Waals surface area contributed by atoms with Crippen molar-refractivity contribution in [2.75, 3.05) is 5.32 Å². The van der Waals surface area contributed by atoms with Crippen LogP contribution in [0.3, 0.4) is 0 Å². The summed E-state index contributed by atoms with van der Waals surface area (Å²) in [5, 5.41) is 2.14. The van der Waals surface area contributed by atoms with Gasteiger partial charge in [0.2, 0.25) is 0 Å². The standard InChI is InChI=1S/C24H15F3N4O4/c25-13-3-1-12(2-4-13)18-6-5-15(23(33)30-18)24(34)31-19-10-17(27)21(11-16(19)26)35-14-7-8-29-20(9-14)22(28)32/h1-11H,(H2,28,32)(H,30,33)(H,31,34). The number of benzene rings is 2. The number of carbonyl (C=O) groups is 2. The molecule has 8 nitrogen and oxygen atoms in total. The first-order valence-electron chi connectivity index (χ1n) is 9.94. The van der Waals surface area contributed by atoms with Crippen molar-refractivity contribution >= 4 is 17.5 Å². The predicted octanol–water partition coefficient (Wildman–Crippen LogP) is 4.00. The molecule has 2 aromatic heterocycles. The third kappa shape index (κ3) is 5.19. The van der Waals surface area contributed by atoms with Crippen LogP contribution in [-0.2, 0) is 0 Å². The topological polar surface area (TPSA) is 127 Å². The van der Waals surface area contributed by atoms with Gasteiger partial charge in [-0.2, -0.15) is 0 Å². The van der Waals surface area contributed by atoms with E-state index < -0.39 is 46.3 Å². The Hall–Kier alpha value is -4.93. The maximum Gasteiger partial charge on any atom is 0.267 e. The molecular weight excluding hydrogens is 465 g/mol. The largest absolute Gasteiger partial charge is 0.454 e. The van der Waals surface area contributed by atoms with E-state index in [1.807, 2.05) is 0 Å². The monoisotopic (exact) mass is 480 g/mol. The summed E-state index contributed by atoms with van der Waals surface area (Å²) in [7, 11) is 0. The summed E-state index contributed by atoms with van der Waals surface area (Å²) in [6, 6.07) is 11.8. The number of ether oxygens (including phenoxy) is 1. The van der Waals surface area contributed by atoms with Crippen molar-refractivity contribution in [3.05, 3.63) is 106 Å². The summed E-state index contributed by atoms with van der Waals surface area (Å²) in [5.41, 5.74) is 4.17. The number of nitrogens with one attached hydrogen (secondary N) is 2. The highest BCUT2D eigenvalue weighted by atomic mass is 19.1. The molecule has 0 atom stereocenters. The van der Waals surface area contributed by atoms with Crippen molar-refractivity contribution in [1.82, 2.24) is 9.97 Å². The van der Waals surface area contributed by atoms with E-state index in [4.69, 9.17) is 10.5 Å². The quantitative estimate of drug-likeness (QED) is 0.385. The number of hydrogen-bond donors (Lipinski definition) is 3. The molecule has 0 aliphatic carbocycles. The Balaban J connectivity index is 1.53.